The normalized spacial score (nSPS) is 18.6. The van der Waals surface area contributed by atoms with E-state index in [0.29, 0.717) is 5.92 Å². The SMILES string of the molecule is COc1ccccc1N1CCCC(NC(=O)c2nc(C3CC3)n(-c3ccccc3)n2)C1. The van der Waals surface area contributed by atoms with Gasteiger partial charge in [0.05, 0.1) is 18.5 Å². The number of carbonyl (C=O) groups is 1. The number of hydrogen-bond donors (Lipinski definition) is 1. The van der Waals surface area contributed by atoms with Gasteiger partial charge in [-0.05, 0) is 49.9 Å². The summed E-state index contributed by atoms with van der Waals surface area (Å²) in [4.78, 5) is 19.9. The van der Waals surface area contributed by atoms with E-state index >= 15 is 0 Å². The second-order valence-electron chi connectivity index (χ2n) is 8.25. The van der Waals surface area contributed by atoms with Crippen LogP contribution in [0.5, 0.6) is 5.75 Å². The minimum atomic E-state index is -0.205. The van der Waals surface area contributed by atoms with Gasteiger partial charge < -0.3 is 15.0 Å². The van der Waals surface area contributed by atoms with Crippen molar-refractivity contribution in [3.63, 3.8) is 0 Å². The molecule has 5 rings (SSSR count). The third-order valence-corrected chi connectivity index (χ3v) is 5.96. The van der Waals surface area contributed by atoms with E-state index in [1.807, 2.05) is 53.2 Å². The molecule has 31 heavy (non-hydrogen) atoms. The van der Waals surface area contributed by atoms with Crippen LogP contribution in [0.3, 0.4) is 0 Å². The first-order valence-electron chi connectivity index (χ1n) is 10.9. The molecule has 1 amide bonds. The van der Waals surface area contributed by atoms with Crippen LogP contribution >= 0.6 is 0 Å². The molecule has 0 spiro atoms. The standard InChI is InChI=1S/C24H27N5O2/c1-31-21-12-6-5-11-20(21)28-15-7-8-18(16-28)25-24(30)22-26-23(17-13-14-17)29(27-22)19-9-3-2-4-10-19/h2-6,9-12,17-18H,7-8,13-16H2,1H3,(H,25,30). The van der Waals surface area contributed by atoms with Crippen molar-refractivity contribution in [3.05, 3.63) is 66.2 Å². The molecule has 1 aliphatic carbocycles. The Hall–Kier alpha value is -3.35. The molecule has 1 aliphatic heterocycles. The fourth-order valence-electron chi connectivity index (χ4n) is 4.24. The summed E-state index contributed by atoms with van der Waals surface area (Å²) in [6, 6.07) is 18.0. The van der Waals surface area contributed by atoms with Crippen LogP contribution in [-0.2, 0) is 0 Å². The number of nitrogens with zero attached hydrogens (tertiary/aromatic N) is 4. The molecule has 2 aromatic carbocycles. The summed E-state index contributed by atoms with van der Waals surface area (Å²) in [6.45, 7) is 1.68. The number of benzene rings is 2. The van der Waals surface area contributed by atoms with E-state index in [4.69, 9.17) is 4.74 Å². The van der Waals surface area contributed by atoms with Crippen LogP contribution in [0.4, 0.5) is 5.69 Å². The van der Waals surface area contributed by atoms with Crippen LogP contribution in [0, 0.1) is 0 Å². The zero-order chi connectivity index (χ0) is 21.2. The Bertz CT molecular complexity index is 1060. The maximum atomic E-state index is 13.0. The topological polar surface area (TPSA) is 72.3 Å². The zero-order valence-corrected chi connectivity index (χ0v) is 17.7. The highest BCUT2D eigenvalue weighted by molar-refractivity contribution is 5.90. The summed E-state index contributed by atoms with van der Waals surface area (Å²) in [5, 5.41) is 7.74. The molecule has 1 unspecified atom stereocenters. The van der Waals surface area contributed by atoms with Crippen molar-refractivity contribution in [2.75, 3.05) is 25.1 Å². The molecule has 2 fully saturated rings. The van der Waals surface area contributed by atoms with Gasteiger partial charge in [0.15, 0.2) is 0 Å². The Morgan fingerprint density at radius 2 is 1.84 bits per heavy atom. The number of nitrogens with one attached hydrogen (secondary N) is 1. The Labute approximate surface area is 182 Å². The summed E-state index contributed by atoms with van der Waals surface area (Å²) >= 11 is 0. The molecule has 1 atom stereocenters. The highest BCUT2D eigenvalue weighted by atomic mass is 16.5. The average Bonchev–Trinajstić information content (AvgIpc) is 3.57. The van der Waals surface area contributed by atoms with Crippen molar-refractivity contribution < 1.29 is 9.53 Å². The Morgan fingerprint density at radius 3 is 2.61 bits per heavy atom. The fraction of sp³-hybridized carbons (Fsp3) is 0.375. The Kier molecular flexibility index (Phi) is 5.32. The Balaban J connectivity index is 1.32. The van der Waals surface area contributed by atoms with E-state index in [-0.39, 0.29) is 17.8 Å². The summed E-state index contributed by atoms with van der Waals surface area (Å²) in [6.07, 6.45) is 4.14. The molecule has 3 aromatic rings. The van der Waals surface area contributed by atoms with Crippen molar-refractivity contribution in [2.45, 2.75) is 37.6 Å². The third-order valence-electron chi connectivity index (χ3n) is 5.96. The molecule has 1 aromatic heterocycles. The number of hydrogen-bond acceptors (Lipinski definition) is 5. The number of para-hydroxylation sites is 3. The minimum Gasteiger partial charge on any atom is -0.495 e. The van der Waals surface area contributed by atoms with Crippen LogP contribution in [-0.4, -0.2) is 46.9 Å². The highest BCUT2D eigenvalue weighted by Crippen LogP contribution is 2.39. The van der Waals surface area contributed by atoms with Crippen LogP contribution in [0.1, 0.15) is 48.0 Å². The molecule has 0 bridgehead atoms. The highest BCUT2D eigenvalue weighted by Gasteiger charge is 2.32. The van der Waals surface area contributed by atoms with Gasteiger partial charge in [0.2, 0.25) is 5.82 Å². The molecule has 7 nitrogen and oxygen atoms in total. The second kappa shape index (κ2) is 8.41. The molecular weight excluding hydrogens is 390 g/mol. The summed E-state index contributed by atoms with van der Waals surface area (Å²) in [7, 11) is 1.69. The van der Waals surface area contributed by atoms with Crippen molar-refractivity contribution in [2.24, 2.45) is 0 Å². The van der Waals surface area contributed by atoms with Crippen LogP contribution in [0.2, 0.25) is 0 Å². The van der Waals surface area contributed by atoms with Gasteiger partial charge in [0.25, 0.3) is 5.91 Å². The van der Waals surface area contributed by atoms with Crippen molar-refractivity contribution in [1.82, 2.24) is 20.1 Å². The second-order valence-corrected chi connectivity index (χ2v) is 8.25. The number of piperidine rings is 1. The number of aromatic nitrogens is 3. The van der Waals surface area contributed by atoms with Gasteiger partial charge in [-0.2, -0.15) is 0 Å². The summed E-state index contributed by atoms with van der Waals surface area (Å²) in [5.41, 5.74) is 2.00. The molecular formula is C24H27N5O2. The monoisotopic (exact) mass is 417 g/mol. The van der Waals surface area contributed by atoms with Gasteiger partial charge in [-0.1, -0.05) is 30.3 Å². The van der Waals surface area contributed by atoms with Crippen molar-refractivity contribution in [1.29, 1.82) is 0 Å². The molecule has 0 radical (unpaired) electrons. The Morgan fingerprint density at radius 1 is 1.06 bits per heavy atom. The summed E-state index contributed by atoms with van der Waals surface area (Å²) in [5.74, 6) is 2.18. The third kappa shape index (κ3) is 4.13. The van der Waals surface area contributed by atoms with Crippen LogP contribution in [0.25, 0.3) is 5.69 Å². The van der Waals surface area contributed by atoms with E-state index in [1.54, 1.807) is 7.11 Å². The number of amides is 1. The molecule has 160 valence electrons. The lowest BCUT2D eigenvalue weighted by atomic mass is 10.0. The smallest absolute Gasteiger partial charge is 0.291 e. The predicted octanol–water partition coefficient (Wildman–Crippen LogP) is 3.55. The van der Waals surface area contributed by atoms with Crippen molar-refractivity contribution in [3.8, 4) is 11.4 Å². The number of methoxy groups -OCH3 is 1. The van der Waals surface area contributed by atoms with Gasteiger partial charge in [-0.25, -0.2) is 9.67 Å². The van der Waals surface area contributed by atoms with Gasteiger partial charge in [-0.15, -0.1) is 5.10 Å². The van der Waals surface area contributed by atoms with E-state index in [1.165, 1.54) is 0 Å². The van der Waals surface area contributed by atoms with E-state index < -0.39 is 0 Å². The lowest BCUT2D eigenvalue weighted by molar-refractivity contribution is 0.0922. The molecule has 1 saturated carbocycles. The number of carbonyl (C=O) groups excluding carboxylic acids is 1. The molecule has 7 heteroatoms. The van der Waals surface area contributed by atoms with E-state index in [9.17, 15) is 4.79 Å². The first kappa shape index (κ1) is 19.6. The maximum absolute atomic E-state index is 13.0. The van der Waals surface area contributed by atoms with Gasteiger partial charge in [-0.3, -0.25) is 4.79 Å². The molecule has 2 heterocycles. The largest absolute Gasteiger partial charge is 0.495 e. The van der Waals surface area contributed by atoms with Gasteiger partial charge in [0.1, 0.15) is 11.6 Å². The lowest BCUT2D eigenvalue weighted by Gasteiger charge is -2.35. The molecule has 1 N–H and O–H groups in total. The van der Waals surface area contributed by atoms with E-state index in [2.05, 4.69) is 26.4 Å². The zero-order valence-electron chi connectivity index (χ0n) is 17.7. The van der Waals surface area contributed by atoms with Gasteiger partial charge in [0, 0.05) is 25.0 Å². The van der Waals surface area contributed by atoms with Crippen molar-refractivity contribution >= 4 is 11.6 Å². The maximum Gasteiger partial charge on any atom is 0.291 e. The molecule has 2 aliphatic rings. The number of anilines is 1. The fourth-order valence-corrected chi connectivity index (χ4v) is 4.24. The first-order valence-corrected chi connectivity index (χ1v) is 10.9. The van der Waals surface area contributed by atoms with Gasteiger partial charge >= 0.3 is 0 Å². The predicted molar refractivity (Wildman–Crippen MR) is 119 cm³/mol. The number of ether oxygens (including phenoxy) is 1. The lowest BCUT2D eigenvalue weighted by Crippen LogP contribution is -2.48. The average molecular weight is 418 g/mol. The van der Waals surface area contributed by atoms with Crippen LogP contribution < -0.4 is 15.0 Å². The quantitative estimate of drug-likeness (QED) is 0.664. The minimum absolute atomic E-state index is 0.0409. The number of rotatable bonds is 6. The summed E-state index contributed by atoms with van der Waals surface area (Å²) < 4.78 is 7.35. The molecule has 1 saturated heterocycles. The first-order chi connectivity index (χ1) is 15.2. The van der Waals surface area contributed by atoms with E-state index in [0.717, 1.165) is 61.7 Å². The van der Waals surface area contributed by atoms with Crippen LogP contribution in [0.15, 0.2) is 54.6 Å².